The summed E-state index contributed by atoms with van der Waals surface area (Å²) in [6, 6.07) is 7.49. The quantitative estimate of drug-likeness (QED) is 0.811. The van der Waals surface area contributed by atoms with Gasteiger partial charge in [0.1, 0.15) is 0 Å². The Morgan fingerprint density at radius 3 is 2.88 bits per heavy atom. The Kier molecular flexibility index (Phi) is 4.22. The number of hydrogen-bond donors (Lipinski definition) is 1. The van der Waals surface area contributed by atoms with E-state index in [9.17, 15) is 0 Å². The van der Waals surface area contributed by atoms with Crippen molar-refractivity contribution in [3.63, 3.8) is 0 Å². The van der Waals surface area contributed by atoms with Gasteiger partial charge in [-0.1, -0.05) is 39.0 Å². The van der Waals surface area contributed by atoms with Crippen LogP contribution in [0, 0.1) is 5.92 Å². The molecular weight excluding hydrogens is 206 g/mol. The summed E-state index contributed by atoms with van der Waals surface area (Å²) in [6.45, 7) is 7.99. The van der Waals surface area contributed by atoms with E-state index in [0.717, 1.165) is 12.5 Å². The van der Waals surface area contributed by atoms with Crippen LogP contribution in [0.2, 0.25) is 0 Å². The second-order valence-electron chi connectivity index (χ2n) is 5.63. The summed E-state index contributed by atoms with van der Waals surface area (Å²) in [7, 11) is 0. The topological polar surface area (TPSA) is 12.0 Å². The fourth-order valence-electron chi connectivity index (χ4n) is 2.89. The van der Waals surface area contributed by atoms with Crippen molar-refractivity contribution in [2.45, 2.75) is 52.5 Å². The molecule has 94 valence electrons. The fraction of sp³-hybridized carbons (Fsp3) is 0.625. The molecule has 1 aliphatic rings. The molecule has 1 aromatic carbocycles. The molecule has 0 amide bonds. The minimum Gasteiger partial charge on any atom is -0.310 e. The molecule has 0 saturated carbocycles. The van der Waals surface area contributed by atoms with E-state index in [4.69, 9.17) is 0 Å². The molecule has 1 aromatic rings. The van der Waals surface area contributed by atoms with E-state index in [1.54, 1.807) is 16.7 Å². The highest BCUT2D eigenvalue weighted by Gasteiger charge is 2.23. The lowest BCUT2D eigenvalue weighted by atomic mass is 9.95. The van der Waals surface area contributed by atoms with Crippen LogP contribution in [-0.2, 0) is 12.8 Å². The first-order chi connectivity index (χ1) is 8.22. The number of nitrogens with one attached hydrogen (secondary N) is 1. The SMILES string of the molecule is CCCNC1CCc2c(CC(C)C)cccc21. The van der Waals surface area contributed by atoms with Gasteiger partial charge in [-0.05, 0) is 54.8 Å². The van der Waals surface area contributed by atoms with Gasteiger partial charge in [-0.25, -0.2) is 0 Å². The monoisotopic (exact) mass is 231 g/mol. The molecule has 0 aliphatic heterocycles. The lowest BCUT2D eigenvalue weighted by molar-refractivity contribution is 0.529. The molecule has 1 atom stereocenters. The van der Waals surface area contributed by atoms with E-state index >= 15 is 0 Å². The molecule has 1 nitrogen and oxygen atoms in total. The summed E-state index contributed by atoms with van der Waals surface area (Å²) in [5.41, 5.74) is 4.78. The Labute approximate surface area is 106 Å². The second-order valence-corrected chi connectivity index (χ2v) is 5.63. The summed E-state index contributed by atoms with van der Waals surface area (Å²) >= 11 is 0. The number of rotatable bonds is 5. The molecular formula is C16H25N. The Bertz CT molecular complexity index is 368. The third kappa shape index (κ3) is 2.90. The van der Waals surface area contributed by atoms with Crippen LogP contribution < -0.4 is 5.32 Å². The zero-order valence-corrected chi connectivity index (χ0v) is 11.4. The smallest absolute Gasteiger partial charge is 0.0326 e. The van der Waals surface area contributed by atoms with Gasteiger partial charge in [-0.3, -0.25) is 0 Å². The van der Waals surface area contributed by atoms with Crippen LogP contribution in [0.1, 0.15) is 56.3 Å². The van der Waals surface area contributed by atoms with Crippen molar-refractivity contribution in [2.75, 3.05) is 6.54 Å². The van der Waals surface area contributed by atoms with Gasteiger partial charge in [0.15, 0.2) is 0 Å². The van der Waals surface area contributed by atoms with Gasteiger partial charge in [0.05, 0.1) is 0 Å². The van der Waals surface area contributed by atoms with Crippen molar-refractivity contribution in [3.8, 4) is 0 Å². The Hall–Kier alpha value is -0.820. The van der Waals surface area contributed by atoms with Crippen LogP contribution in [0.15, 0.2) is 18.2 Å². The minimum absolute atomic E-state index is 0.608. The van der Waals surface area contributed by atoms with E-state index in [1.165, 1.54) is 25.7 Å². The maximum absolute atomic E-state index is 3.67. The van der Waals surface area contributed by atoms with Crippen molar-refractivity contribution in [1.82, 2.24) is 5.32 Å². The molecule has 1 unspecified atom stereocenters. The Morgan fingerprint density at radius 2 is 2.18 bits per heavy atom. The third-order valence-electron chi connectivity index (χ3n) is 3.64. The van der Waals surface area contributed by atoms with Crippen LogP contribution in [-0.4, -0.2) is 6.54 Å². The van der Waals surface area contributed by atoms with Gasteiger partial charge >= 0.3 is 0 Å². The standard InChI is InChI=1S/C16H25N/c1-4-10-17-16-9-8-14-13(11-12(2)3)6-5-7-15(14)16/h5-7,12,16-17H,4,8-11H2,1-3H3. The minimum atomic E-state index is 0.608. The van der Waals surface area contributed by atoms with Gasteiger partial charge in [-0.2, -0.15) is 0 Å². The molecule has 17 heavy (non-hydrogen) atoms. The van der Waals surface area contributed by atoms with E-state index < -0.39 is 0 Å². The Morgan fingerprint density at radius 1 is 1.35 bits per heavy atom. The highest BCUT2D eigenvalue weighted by Crippen LogP contribution is 2.34. The van der Waals surface area contributed by atoms with Gasteiger partial charge < -0.3 is 5.32 Å². The summed E-state index contributed by atoms with van der Waals surface area (Å²) < 4.78 is 0. The van der Waals surface area contributed by atoms with Gasteiger partial charge in [-0.15, -0.1) is 0 Å². The zero-order chi connectivity index (χ0) is 12.3. The van der Waals surface area contributed by atoms with E-state index in [0.29, 0.717) is 6.04 Å². The first-order valence-electron chi connectivity index (χ1n) is 7.06. The molecule has 0 radical (unpaired) electrons. The molecule has 0 fully saturated rings. The molecule has 1 N–H and O–H groups in total. The van der Waals surface area contributed by atoms with Gasteiger partial charge in [0, 0.05) is 6.04 Å². The molecule has 0 bridgehead atoms. The van der Waals surface area contributed by atoms with Crippen LogP contribution >= 0.6 is 0 Å². The lowest BCUT2D eigenvalue weighted by Gasteiger charge is -2.15. The van der Waals surface area contributed by atoms with E-state index in [2.05, 4.69) is 44.3 Å². The van der Waals surface area contributed by atoms with Crippen molar-refractivity contribution in [3.05, 3.63) is 34.9 Å². The van der Waals surface area contributed by atoms with Crippen LogP contribution in [0.25, 0.3) is 0 Å². The number of fused-ring (bicyclic) bond motifs is 1. The first kappa shape index (κ1) is 12.6. The average molecular weight is 231 g/mol. The highest BCUT2D eigenvalue weighted by molar-refractivity contribution is 5.41. The largest absolute Gasteiger partial charge is 0.310 e. The molecule has 1 aliphatic carbocycles. The molecule has 2 rings (SSSR count). The number of hydrogen-bond acceptors (Lipinski definition) is 1. The fourth-order valence-corrected chi connectivity index (χ4v) is 2.89. The maximum Gasteiger partial charge on any atom is 0.0326 e. The zero-order valence-electron chi connectivity index (χ0n) is 11.4. The molecule has 0 aromatic heterocycles. The van der Waals surface area contributed by atoms with E-state index in [-0.39, 0.29) is 0 Å². The normalized spacial score (nSPS) is 18.7. The second kappa shape index (κ2) is 5.68. The third-order valence-corrected chi connectivity index (χ3v) is 3.64. The van der Waals surface area contributed by atoms with Crippen LogP contribution in [0.3, 0.4) is 0 Å². The lowest BCUT2D eigenvalue weighted by Crippen LogP contribution is -2.19. The predicted molar refractivity (Wildman–Crippen MR) is 74.3 cm³/mol. The first-order valence-corrected chi connectivity index (χ1v) is 7.06. The van der Waals surface area contributed by atoms with Crippen molar-refractivity contribution < 1.29 is 0 Å². The molecule has 0 spiro atoms. The summed E-state index contributed by atoms with van der Waals surface area (Å²) in [5.74, 6) is 0.754. The number of benzene rings is 1. The van der Waals surface area contributed by atoms with Crippen molar-refractivity contribution in [2.24, 2.45) is 5.92 Å². The maximum atomic E-state index is 3.67. The summed E-state index contributed by atoms with van der Waals surface area (Å²) in [6.07, 6.45) is 4.99. The van der Waals surface area contributed by atoms with Gasteiger partial charge in [0.2, 0.25) is 0 Å². The molecule has 0 saturated heterocycles. The Balaban J connectivity index is 2.17. The molecule has 1 heteroatoms. The van der Waals surface area contributed by atoms with Crippen molar-refractivity contribution >= 4 is 0 Å². The average Bonchev–Trinajstić information content (AvgIpc) is 2.70. The summed E-state index contributed by atoms with van der Waals surface area (Å²) in [4.78, 5) is 0. The van der Waals surface area contributed by atoms with Crippen LogP contribution in [0.5, 0.6) is 0 Å². The summed E-state index contributed by atoms with van der Waals surface area (Å²) in [5, 5.41) is 3.67. The van der Waals surface area contributed by atoms with Crippen molar-refractivity contribution in [1.29, 1.82) is 0 Å². The van der Waals surface area contributed by atoms with Crippen LogP contribution in [0.4, 0.5) is 0 Å². The van der Waals surface area contributed by atoms with E-state index in [1.807, 2.05) is 0 Å². The molecule has 0 heterocycles. The highest BCUT2D eigenvalue weighted by atomic mass is 14.9. The van der Waals surface area contributed by atoms with Gasteiger partial charge in [0.25, 0.3) is 0 Å². The predicted octanol–water partition coefficient (Wildman–Crippen LogP) is 3.87.